The molecule has 4 aromatic heterocycles. The molecule has 62 heavy (non-hydrogen) atoms. The number of anilines is 2. The van der Waals surface area contributed by atoms with Crippen molar-refractivity contribution >= 4 is 75.0 Å². The molecule has 336 valence electrons. The van der Waals surface area contributed by atoms with Crippen LogP contribution in [0.3, 0.4) is 0 Å². The average Bonchev–Trinajstić information content (AvgIpc) is 4.00. The van der Waals surface area contributed by atoms with Gasteiger partial charge in [-0.05, 0) is 87.4 Å². The number of halogens is 2. The largest absolute Gasteiger partial charge is 0.388 e. The van der Waals surface area contributed by atoms with Crippen molar-refractivity contribution in [2.75, 3.05) is 10.6 Å². The number of fused-ring (bicyclic) bond motifs is 2. The van der Waals surface area contributed by atoms with E-state index in [0.29, 0.717) is 34.0 Å². The van der Waals surface area contributed by atoms with E-state index < -0.39 is 48.6 Å². The van der Waals surface area contributed by atoms with Crippen LogP contribution in [-0.2, 0) is 9.59 Å². The van der Waals surface area contributed by atoms with Crippen LogP contribution in [0.15, 0.2) is 12.7 Å². The van der Waals surface area contributed by atoms with Crippen molar-refractivity contribution in [1.82, 2.24) is 60.3 Å². The van der Waals surface area contributed by atoms with Gasteiger partial charge in [-0.2, -0.15) is 19.9 Å². The van der Waals surface area contributed by atoms with E-state index in [1.54, 1.807) is 35.6 Å². The maximum atomic E-state index is 13.1. The summed E-state index contributed by atoms with van der Waals surface area (Å²) in [6.07, 6.45) is 5.62. The van der Waals surface area contributed by atoms with Crippen molar-refractivity contribution in [3.8, 4) is 0 Å². The molecule has 4 aliphatic rings. The molecule has 21 nitrogen and oxygen atoms in total. The highest BCUT2D eigenvalue weighted by Gasteiger charge is 2.45. The van der Waals surface area contributed by atoms with Crippen molar-refractivity contribution in [3.05, 3.63) is 23.2 Å². The number of aliphatic hydroxyl groups excluding tert-OH is 4. The molecule has 4 amide bonds. The molecule has 8 atom stereocenters. The molecule has 23 heteroatoms. The highest BCUT2D eigenvalue weighted by molar-refractivity contribution is 6.29. The zero-order valence-electron chi connectivity index (χ0n) is 34.4. The van der Waals surface area contributed by atoms with Gasteiger partial charge in [0, 0.05) is 37.0 Å². The predicted octanol–water partition coefficient (Wildman–Crippen LogP) is 1.84. The van der Waals surface area contributed by atoms with Crippen molar-refractivity contribution in [1.29, 1.82) is 0 Å². The minimum atomic E-state index is -1.15. The lowest BCUT2D eigenvalue weighted by Crippen LogP contribution is -2.49. The predicted molar refractivity (Wildman–Crippen MR) is 227 cm³/mol. The van der Waals surface area contributed by atoms with Gasteiger partial charge in [-0.25, -0.2) is 14.8 Å². The summed E-state index contributed by atoms with van der Waals surface area (Å²) in [7, 11) is 0. The Morgan fingerprint density at radius 3 is 1.32 bits per heavy atom. The molecule has 0 unspecified atom stereocenters. The van der Waals surface area contributed by atoms with Crippen LogP contribution in [0.2, 0.25) is 10.6 Å². The zero-order valence-corrected chi connectivity index (χ0v) is 35.9. The fraction of sp³-hybridized carbons (Fsp3) is 0.667. The summed E-state index contributed by atoms with van der Waals surface area (Å²) in [6, 6.07) is -2.53. The topological polar surface area (TPSA) is 292 Å². The molecule has 4 saturated carbocycles. The Kier molecular flexibility index (Phi) is 13.2. The zero-order chi connectivity index (χ0) is 43.8. The van der Waals surface area contributed by atoms with Gasteiger partial charge >= 0.3 is 6.03 Å². The number of hydrogen-bond donors (Lipinski definition) is 10. The maximum Gasteiger partial charge on any atom is 0.315 e. The van der Waals surface area contributed by atoms with Gasteiger partial charge in [0.15, 0.2) is 34.0 Å². The van der Waals surface area contributed by atoms with Gasteiger partial charge in [-0.3, -0.25) is 9.59 Å². The van der Waals surface area contributed by atoms with E-state index in [4.69, 9.17) is 23.2 Å². The van der Waals surface area contributed by atoms with Crippen LogP contribution in [0, 0.1) is 0 Å². The van der Waals surface area contributed by atoms with E-state index in [-0.39, 0.29) is 78.3 Å². The minimum Gasteiger partial charge on any atom is -0.388 e. The average molecular weight is 902 g/mol. The molecule has 0 bridgehead atoms. The number of carbonyl (C=O) groups excluding carboxylic acids is 3. The van der Waals surface area contributed by atoms with Gasteiger partial charge in [-0.1, -0.05) is 13.8 Å². The van der Waals surface area contributed by atoms with Gasteiger partial charge in [0.25, 0.3) is 0 Å². The van der Waals surface area contributed by atoms with Crippen LogP contribution in [0.4, 0.5) is 16.4 Å². The summed E-state index contributed by atoms with van der Waals surface area (Å²) in [5, 5.41) is 61.8. The molecule has 4 aromatic rings. The molecule has 0 aliphatic heterocycles. The highest BCUT2D eigenvalue weighted by atomic mass is 35.5. The Morgan fingerprint density at radius 2 is 0.952 bits per heavy atom. The van der Waals surface area contributed by atoms with Crippen LogP contribution in [0.1, 0.15) is 103 Å². The van der Waals surface area contributed by atoms with Crippen LogP contribution in [0.25, 0.3) is 22.3 Å². The van der Waals surface area contributed by atoms with Crippen LogP contribution in [-0.4, -0.2) is 138 Å². The Morgan fingerprint density at radius 1 is 0.581 bits per heavy atom. The fourth-order valence-corrected chi connectivity index (χ4v) is 9.83. The number of rotatable bonds is 12. The molecule has 0 saturated heterocycles. The Bertz CT molecular complexity index is 2110. The van der Waals surface area contributed by atoms with Gasteiger partial charge in [0.2, 0.25) is 22.4 Å². The molecule has 8 rings (SSSR count). The second-order valence-electron chi connectivity index (χ2n) is 17.0. The van der Waals surface area contributed by atoms with Crippen molar-refractivity contribution in [2.24, 2.45) is 0 Å². The number of carbonyl (C=O) groups is 3. The lowest BCUT2D eigenvalue weighted by molar-refractivity contribution is -0.123. The number of nitrogens with one attached hydrogen (secondary N) is 6. The summed E-state index contributed by atoms with van der Waals surface area (Å²) in [5.41, 5.74) is 1.76. The standard InChI is InChI=1S/C39H54Cl2N14O7/c1-3-25(56)48-21-13-23(31(60)29(21)58)54-15-42-27-33(50-37(40)52-35(27)54)44-17-5-9-19(10-6-17)46-39(62)47-20-11-7-18(8-12-20)45-34-28-36(53-38(41)51-34)55(16-43-28)24-14-22(30(59)32(24)61)49-26(57)4-2/h15-24,29-32,58-61H,3-14H2,1-2H3,(H,48,56)(H,49,57)(H,44,50,52)(H,45,51,53)(H2,46,47,62)/t17?,18?,19?,20?,21-,22-,23+,24+,29+,30+,31-,32-/m0/s1. The summed E-state index contributed by atoms with van der Waals surface area (Å²) in [6.45, 7) is 3.44. The van der Waals surface area contributed by atoms with E-state index >= 15 is 0 Å². The third-order valence-corrected chi connectivity index (χ3v) is 13.3. The number of aliphatic hydroxyl groups is 4. The van der Waals surface area contributed by atoms with Crippen LogP contribution in [0.5, 0.6) is 0 Å². The van der Waals surface area contributed by atoms with Crippen molar-refractivity contribution in [2.45, 2.75) is 164 Å². The highest BCUT2D eigenvalue weighted by Crippen LogP contribution is 2.37. The first-order chi connectivity index (χ1) is 29.8. The maximum absolute atomic E-state index is 13.1. The summed E-state index contributed by atoms with van der Waals surface area (Å²) in [5.74, 6) is 0.494. The summed E-state index contributed by atoms with van der Waals surface area (Å²) >= 11 is 12.7. The van der Waals surface area contributed by atoms with Crippen molar-refractivity contribution < 1.29 is 34.8 Å². The number of urea groups is 1. The van der Waals surface area contributed by atoms with Crippen LogP contribution >= 0.6 is 23.2 Å². The van der Waals surface area contributed by atoms with Gasteiger partial charge in [-0.15, -0.1) is 0 Å². The summed E-state index contributed by atoms with van der Waals surface area (Å²) < 4.78 is 3.35. The summed E-state index contributed by atoms with van der Waals surface area (Å²) in [4.78, 5) is 63.8. The molecule has 4 aliphatic carbocycles. The van der Waals surface area contributed by atoms with Gasteiger partial charge in [0.1, 0.15) is 24.4 Å². The van der Waals surface area contributed by atoms with Crippen molar-refractivity contribution in [3.63, 3.8) is 0 Å². The SMILES string of the molecule is CCC(=O)N[C@H]1C[C@@H](n2cnc3c(NC4CCC(NC(=O)NC5CCC(Nc6nc(Cl)nc7c6ncn7[C@@H]6C[C@H](NC(=O)CC)[C@@H](O)[C@H]6O)CC5)CC4)nc(Cl)nc32)[C@H](O)[C@@H]1O. The first kappa shape index (κ1) is 44.0. The number of imidazole rings is 2. The molecule has 4 heterocycles. The second kappa shape index (κ2) is 18.6. The third kappa shape index (κ3) is 9.19. The first-order valence-electron chi connectivity index (χ1n) is 21.5. The van der Waals surface area contributed by atoms with E-state index in [2.05, 4.69) is 61.8 Å². The van der Waals surface area contributed by atoms with E-state index in [1.165, 1.54) is 0 Å². The number of nitrogens with zero attached hydrogens (tertiary/aromatic N) is 8. The monoisotopic (exact) mass is 900 g/mol. The number of hydrogen-bond acceptors (Lipinski definition) is 15. The van der Waals surface area contributed by atoms with E-state index in [1.807, 2.05) is 0 Å². The van der Waals surface area contributed by atoms with E-state index in [0.717, 1.165) is 51.4 Å². The Hall–Kier alpha value is -4.67. The number of amides is 4. The Balaban J connectivity index is 0.802. The number of aromatic nitrogens is 8. The van der Waals surface area contributed by atoms with E-state index in [9.17, 15) is 34.8 Å². The molecule has 4 fully saturated rings. The van der Waals surface area contributed by atoms with Gasteiger partial charge in [0.05, 0.1) is 36.8 Å². The lowest BCUT2D eigenvalue weighted by Gasteiger charge is -2.32. The lowest BCUT2D eigenvalue weighted by atomic mass is 9.90. The molecule has 0 spiro atoms. The molecule has 0 aromatic carbocycles. The third-order valence-electron chi connectivity index (χ3n) is 12.9. The quantitative estimate of drug-likeness (QED) is 0.0908. The molecule has 10 N–H and O–H groups in total. The second-order valence-corrected chi connectivity index (χ2v) is 17.6. The smallest absolute Gasteiger partial charge is 0.315 e. The Labute approximate surface area is 366 Å². The minimum absolute atomic E-state index is 0.00298. The molecular weight excluding hydrogens is 847 g/mol. The molecule has 0 radical (unpaired) electrons. The molecular formula is C39H54Cl2N14O7. The van der Waals surface area contributed by atoms with Crippen LogP contribution < -0.4 is 31.9 Å². The first-order valence-corrected chi connectivity index (χ1v) is 22.3. The van der Waals surface area contributed by atoms with Gasteiger partial charge < -0.3 is 61.5 Å². The fourth-order valence-electron chi connectivity index (χ4n) is 9.50. The normalized spacial score (nSPS) is 31.2.